The quantitative estimate of drug-likeness (QED) is 0.511. The lowest BCUT2D eigenvalue weighted by molar-refractivity contribution is 0.612. The van der Waals surface area contributed by atoms with Gasteiger partial charge in [0.15, 0.2) is 0 Å². The topological polar surface area (TPSA) is 17.8 Å². The first-order valence-corrected chi connectivity index (χ1v) is 8.64. The molecule has 21 heavy (non-hydrogen) atoms. The van der Waals surface area contributed by atoms with Gasteiger partial charge in [0, 0.05) is 10.9 Å². The summed E-state index contributed by atoms with van der Waals surface area (Å²) >= 11 is 11.2. The van der Waals surface area contributed by atoms with Crippen LogP contribution in [-0.4, -0.2) is 9.55 Å². The van der Waals surface area contributed by atoms with Crippen molar-refractivity contribution >= 4 is 49.9 Å². The van der Waals surface area contributed by atoms with Gasteiger partial charge >= 0.3 is 0 Å². The molecule has 2 nitrogen and oxygen atoms in total. The summed E-state index contributed by atoms with van der Waals surface area (Å²) in [5.41, 5.74) is 1.51. The summed E-state index contributed by atoms with van der Waals surface area (Å²) in [4.78, 5) is 5.77. The van der Waals surface area contributed by atoms with Gasteiger partial charge < -0.3 is 4.57 Å². The number of thiophene rings is 1. The van der Waals surface area contributed by atoms with Crippen LogP contribution >= 0.6 is 38.9 Å². The molecule has 2 unspecified atom stereocenters. The predicted octanol–water partition coefficient (Wildman–Crippen LogP) is 5.91. The molecule has 0 spiro atoms. The summed E-state index contributed by atoms with van der Waals surface area (Å²) in [5, 5.41) is 1.79. The van der Waals surface area contributed by atoms with Gasteiger partial charge in [0.1, 0.15) is 11.6 Å². The largest absolute Gasteiger partial charge is 0.318 e. The summed E-state index contributed by atoms with van der Waals surface area (Å²) in [5.74, 6) is 0.459. The summed E-state index contributed by atoms with van der Waals surface area (Å²) < 4.78 is 16.4. The second-order valence-corrected chi connectivity index (χ2v) is 7.39. The summed E-state index contributed by atoms with van der Waals surface area (Å²) in [6, 6.07) is 7.35. The molecule has 0 fully saturated rings. The maximum absolute atomic E-state index is 13.9. The van der Waals surface area contributed by atoms with Crippen molar-refractivity contribution < 1.29 is 4.39 Å². The first-order chi connectivity index (χ1) is 9.99. The van der Waals surface area contributed by atoms with Crippen LogP contribution in [-0.2, 0) is 0 Å². The van der Waals surface area contributed by atoms with E-state index >= 15 is 0 Å². The van der Waals surface area contributed by atoms with Gasteiger partial charge in [-0.3, -0.25) is 0 Å². The minimum absolute atomic E-state index is 0.0618. The molecule has 0 N–H and O–H groups in total. The number of aromatic nitrogens is 2. The van der Waals surface area contributed by atoms with E-state index in [1.165, 1.54) is 10.9 Å². The zero-order valence-electron chi connectivity index (χ0n) is 11.5. The number of rotatable bonds is 3. The molecule has 0 amide bonds. The van der Waals surface area contributed by atoms with Crippen LogP contribution in [0.15, 0.2) is 34.1 Å². The van der Waals surface area contributed by atoms with Crippen LogP contribution in [0.4, 0.5) is 4.39 Å². The highest BCUT2D eigenvalue weighted by Crippen LogP contribution is 2.34. The van der Waals surface area contributed by atoms with Crippen molar-refractivity contribution in [1.29, 1.82) is 0 Å². The minimum atomic E-state index is -0.296. The number of halogens is 3. The normalized spacial score (nSPS) is 14.5. The van der Waals surface area contributed by atoms with Crippen LogP contribution in [0.25, 0.3) is 11.0 Å². The fourth-order valence-corrected chi connectivity index (χ4v) is 3.71. The van der Waals surface area contributed by atoms with Gasteiger partial charge in [-0.05, 0) is 47.3 Å². The van der Waals surface area contributed by atoms with Crippen molar-refractivity contribution in [3.05, 3.63) is 50.6 Å². The maximum Gasteiger partial charge on any atom is 0.139 e. The van der Waals surface area contributed by atoms with Crippen molar-refractivity contribution in [2.75, 3.05) is 0 Å². The highest BCUT2D eigenvalue weighted by atomic mass is 79.9. The van der Waals surface area contributed by atoms with Gasteiger partial charge in [-0.2, -0.15) is 0 Å². The Bertz CT molecular complexity index is 783. The SMILES string of the molecule is CC(Cl)c1nc2cc(Br)c(F)cc2n1C(C)c1cccs1. The first kappa shape index (κ1) is 15.0. The van der Waals surface area contributed by atoms with E-state index in [2.05, 4.69) is 33.9 Å². The zero-order valence-corrected chi connectivity index (χ0v) is 14.6. The fourth-order valence-electron chi connectivity index (χ4n) is 2.45. The lowest BCUT2D eigenvalue weighted by Crippen LogP contribution is -2.10. The van der Waals surface area contributed by atoms with Crippen LogP contribution in [0.5, 0.6) is 0 Å². The Balaban J connectivity index is 2.27. The molecule has 3 aromatic rings. The molecule has 0 bridgehead atoms. The Labute approximate surface area is 139 Å². The molecule has 2 atom stereocenters. The summed E-state index contributed by atoms with van der Waals surface area (Å²) in [6.07, 6.45) is 0. The van der Waals surface area contributed by atoms with E-state index < -0.39 is 0 Å². The van der Waals surface area contributed by atoms with Crippen LogP contribution in [0.1, 0.15) is 36.0 Å². The predicted molar refractivity (Wildman–Crippen MR) is 89.8 cm³/mol. The number of hydrogen-bond donors (Lipinski definition) is 0. The van der Waals surface area contributed by atoms with Crippen LogP contribution in [0.3, 0.4) is 0 Å². The highest BCUT2D eigenvalue weighted by molar-refractivity contribution is 9.10. The van der Waals surface area contributed by atoms with Gasteiger partial charge in [0.25, 0.3) is 0 Å². The molecule has 110 valence electrons. The van der Waals surface area contributed by atoms with E-state index in [0.717, 1.165) is 16.9 Å². The number of benzene rings is 1. The average Bonchev–Trinajstić information content (AvgIpc) is 3.06. The Hall–Kier alpha value is -0.910. The smallest absolute Gasteiger partial charge is 0.139 e. The highest BCUT2D eigenvalue weighted by Gasteiger charge is 2.21. The van der Waals surface area contributed by atoms with E-state index in [9.17, 15) is 4.39 Å². The van der Waals surface area contributed by atoms with E-state index in [0.29, 0.717) is 4.47 Å². The monoisotopic (exact) mass is 386 g/mol. The molecule has 2 aromatic heterocycles. The Morgan fingerprint density at radius 3 is 2.76 bits per heavy atom. The molecule has 0 aliphatic heterocycles. The molecule has 6 heteroatoms. The van der Waals surface area contributed by atoms with E-state index in [1.54, 1.807) is 17.4 Å². The third kappa shape index (κ3) is 2.62. The molecular formula is C15H13BrClFN2S. The van der Waals surface area contributed by atoms with E-state index in [1.807, 2.05) is 22.9 Å². The second kappa shape index (κ2) is 5.71. The molecule has 1 aromatic carbocycles. The third-order valence-corrected chi connectivity index (χ3v) is 5.30. The molecule has 0 radical (unpaired) electrons. The lowest BCUT2D eigenvalue weighted by Gasteiger charge is -2.17. The van der Waals surface area contributed by atoms with Crippen LogP contribution in [0, 0.1) is 5.82 Å². The fraction of sp³-hybridized carbons (Fsp3) is 0.267. The summed E-state index contributed by atoms with van der Waals surface area (Å²) in [6.45, 7) is 3.96. The van der Waals surface area contributed by atoms with E-state index in [-0.39, 0.29) is 17.2 Å². The third-order valence-electron chi connectivity index (χ3n) is 3.46. The average molecular weight is 388 g/mol. The number of alkyl halides is 1. The van der Waals surface area contributed by atoms with Gasteiger partial charge in [0.2, 0.25) is 0 Å². The summed E-state index contributed by atoms with van der Waals surface area (Å²) in [7, 11) is 0. The number of fused-ring (bicyclic) bond motifs is 1. The molecular weight excluding hydrogens is 375 g/mol. The Morgan fingerprint density at radius 1 is 1.38 bits per heavy atom. The number of nitrogens with zero attached hydrogens (tertiary/aromatic N) is 2. The molecule has 2 heterocycles. The molecule has 0 saturated heterocycles. The van der Waals surface area contributed by atoms with E-state index in [4.69, 9.17) is 11.6 Å². The molecule has 0 saturated carbocycles. The minimum Gasteiger partial charge on any atom is -0.318 e. The lowest BCUT2D eigenvalue weighted by atomic mass is 10.2. The molecule has 3 rings (SSSR count). The first-order valence-electron chi connectivity index (χ1n) is 6.53. The number of imidazole rings is 1. The Morgan fingerprint density at radius 2 is 2.14 bits per heavy atom. The van der Waals surface area contributed by atoms with Crippen LogP contribution < -0.4 is 0 Å². The van der Waals surface area contributed by atoms with Crippen molar-refractivity contribution in [2.24, 2.45) is 0 Å². The van der Waals surface area contributed by atoms with Crippen molar-refractivity contribution in [3.63, 3.8) is 0 Å². The zero-order chi connectivity index (χ0) is 15.1. The Kier molecular flexibility index (Phi) is 4.08. The van der Waals surface area contributed by atoms with Crippen molar-refractivity contribution in [2.45, 2.75) is 25.3 Å². The van der Waals surface area contributed by atoms with Gasteiger partial charge in [-0.25, -0.2) is 9.37 Å². The molecule has 0 aliphatic rings. The number of hydrogen-bond acceptors (Lipinski definition) is 2. The second-order valence-electron chi connectivity index (χ2n) is 4.90. The van der Waals surface area contributed by atoms with Crippen molar-refractivity contribution in [1.82, 2.24) is 9.55 Å². The van der Waals surface area contributed by atoms with Crippen LogP contribution in [0.2, 0.25) is 0 Å². The van der Waals surface area contributed by atoms with Crippen molar-refractivity contribution in [3.8, 4) is 0 Å². The van der Waals surface area contributed by atoms with Gasteiger partial charge in [-0.1, -0.05) is 6.07 Å². The molecule has 0 aliphatic carbocycles. The maximum atomic E-state index is 13.9. The van der Waals surface area contributed by atoms with Gasteiger partial charge in [-0.15, -0.1) is 22.9 Å². The van der Waals surface area contributed by atoms with Gasteiger partial charge in [0.05, 0.1) is 26.9 Å². The standard InChI is InChI=1S/C15H13BrClFN2S/c1-8(17)15-19-12-6-10(16)11(18)7-13(12)20(15)9(2)14-4-3-5-21-14/h3-9H,1-2H3.